The number of amides is 1. The molecule has 7 heteroatoms. The second-order valence-corrected chi connectivity index (χ2v) is 5.52. The van der Waals surface area contributed by atoms with Gasteiger partial charge in [-0.2, -0.15) is 0 Å². The number of nitrogens with zero attached hydrogens (tertiary/aromatic N) is 2. The molecule has 0 spiro atoms. The highest BCUT2D eigenvalue weighted by Gasteiger charge is 2.13. The van der Waals surface area contributed by atoms with Gasteiger partial charge in [0.25, 0.3) is 5.91 Å². The zero-order valence-electron chi connectivity index (χ0n) is 11.0. The van der Waals surface area contributed by atoms with Crippen molar-refractivity contribution in [2.24, 2.45) is 0 Å². The average molecular weight is 320 g/mol. The van der Waals surface area contributed by atoms with Crippen LogP contribution in [-0.2, 0) is 0 Å². The van der Waals surface area contributed by atoms with Crippen molar-refractivity contribution >= 4 is 44.3 Å². The Labute approximate surface area is 129 Å². The van der Waals surface area contributed by atoms with E-state index in [0.717, 1.165) is 0 Å². The maximum atomic E-state index is 12.2. The fourth-order valence-corrected chi connectivity index (χ4v) is 2.82. The maximum Gasteiger partial charge on any atom is 0.258 e. The number of hydrogen-bond donors (Lipinski definition) is 1. The van der Waals surface area contributed by atoms with Crippen LogP contribution in [0.4, 0.5) is 5.13 Å². The number of halogens is 1. The van der Waals surface area contributed by atoms with E-state index < -0.39 is 0 Å². The summed E-state index contributed by atoms with van der Waals surface area (Å²) in [6.45, 7) is 0. The van der Waals surface area contributed by atoms with Crippen LogP contribution in [0.3, 0.4) is 0 Å². The lowest BCUT2D eigenvalue weighted by molar-refractivity contribution is 0.102. The summed E-state index contributed by atoms with van der Waals surface area (Å²) in [7, 11) is 1.55. The molecule has 0 fully saturated rings. The first kappa shape index (κ1) is 13.8. The van der Waals surface area contributed by atoms with E-state index in [0.29, 0.717) is 31.9 Å². The van der Waals surface area contributed by atoms with E-state index in [1.165, 1.54) is 11.3 Å². The van der Waals surface area contributed by atoms with E-state index in [4.69, 9.17) is 16.3 Å². The van der Waals surface area contributed by atoms with Crippen molar-refractivity contribution in [3.63, 3.8) is 0 Å². The predicted molar refractivity (Wildman–Crippen MR) is 83.4 cm³/mol. The van der Waals surface area contributed by atoms with Crippen molar-refractivity contribution in [1.29, 1.82) is 0 Å². The highest BCUT2D eigenvalue weighted by atomic mass is 35.5. The number of ether oxygens (including phenoxy) is 1. The number of nitrogens with one attached hydrogen (secondary N) is 1. The van der Waals surface area contributed by atoms with Crippen LogP contribution < -0.4 is 10.1 Å². The highest BCUT2D eigenvalue weighted by Crippen LogP contribution is 2.27. The summed E-state index contributed by atoms with van der Waals surface area (Å²) in [5.41, 5.74) is 1.11. The minimum Gasteiger partial charge on any atom is -0.481 e. The van der Waals surface area contributed by atoms with Gasteiger partial charge in [-0.05, 0) is 18.2 Å². The second-order valence-electron chi connectivity index (χ2n) is 4.13. The van der Waals surface area contributed by atoms with Crippen LogP contribution in [0.25, 0.3) is 10.3 Å². The zero-order valence-corrected chi connectivity index (χ0v) is 12.5. The molecule has 1 amide bonds. The van der Waals surface area contributed by atoms with Gasteiger partial charge in [-0.3, -0.25) is 10.1 Å². The number of benzene rings is 1. The standard InChI is InChI=1S/C14H10ClN3O2S/c1-20-11-7-6-10-13(17-11)21-14(16-10)18-12(19)8-4-2-3-5-9(8)15/h2-7H,1H3,(H,16,18,19). The van der Waals surface area contributed by atoms with Crippen molar-refractivity contribution in [3.8, 4) is 5.88 Å². The number of methoxy groups -OCH3 is 1. The van der Waals surface area contributed by atoms with Crippen molar-refractivity contribution in [2.45, 2.75) is 0 Å². The van der Waals surface area contributed by atoms with Crippen LogP contribution in [0.2, 0.25) is 5.02 Å². The maximum absolute atomic E-state index is 12.2. The molecule has 0 aliphatic heterocycles. The number of rotatable bonds is 3. The van der Waals surface area contributed by atoms with Crippen molar-refractivity contribution < 1.29 is 9.53 Å². The summed E-state index contributed by atoms with van der Waals surface area (Å²) in [5, 5.41) is 3.60. The monoisotopic (exact) mass is 319 g/mol. The van der Waals surface area contributed by atoms with E-state index in [1.54, 1.807) is 43.5 Å². The minimum absolute atomic E-state index is 0.299. The van der Waals surface area contributed by atoms with Crippen LogP contribution in [0.15, 0.2) is 36.4 Å². The normalized spacial score (nSPS) is 10.6. The summed E-state index contributed by atoms with van der Waals surface area (Å²) in [4.78, 5) is 21.4. The Bertz CT molecular complexity index is 819. The number of hydrogen-bond acceptors (Lipinski definition) is 5. The van der Waals surface area contributed by atoms with Gasteiger partial charge in [-0.1, -0.05) is 35.1 Å². The first-order chi connectivity index (χ1) is 10.2. The lowest BCUT2D eigenvalue weighted by atomic mass is 10.2. The molecule has 0 unspecified atom stereocenters. The van der Waals surface area contributed by atoms with Crippen LogP contribution in [-0.4, -0.2) is 23.0 Å². The molecule has 2 aromatic heterocycles. The summed E-state index contributed by atoms with van der Waals surface area (Å²) in [6.07, 6.45) is 0. The SMILES string of the molecule is COc1ccc2nc(NC(=O)c3ccccc3Cl)sc2n1. The molecule has 2 heterocycles. The van der Waals surface area contributed by atoms with Crippen molar-refractivity contribution in [1.82, 2.24) is 9.97 Å². The van der Waals surface area contributed by atoms with Gasteiger partial charge in [0, 0.05) is 6.07 Å². The van der Waals surface area contributed by atoms with E-state index in [9.17, 15) is 4.79 Å². The molecule has 106 valence electrons. The molecule has 1 N–H and O–H groups in total. The quantitative estimate of drug-likeness (QED) is 0.801. The number of carbonyl (C=O) groups excluding carboxylic acids is 1. The zero-order chi connectivity index (χ0) is 14.8. The number of anilines is 1. The molecular weight excluding hydrogens is 310 g/mol. The van der Waals surface area contributed by atoms with Crippen molar-refractivity contribution in [2.75, 3.05) is 12.4 Å². The van der Waals surface area contributed by atoms with Gasteiger partial charge in [0.15, 0.2) is 5.13 Å². The van der Waals surface area contributed by atoms with E-state index in [1.807, 2.05) is 0 Å². The molecule has 5 nitrogen and oxygen atoms in total. The lowest BCUT2D eigenvalue weighted by Crippen LogP contribution is -2.11. The minimum atomic E-state index is -0.299. The first-order valence-electron chi connectivity index (χ1n) is 6.05. The molecule has 3 rings (SSSR count). The van der Waals surface area contributed by atoms with Gasteiger partial charge in [-0.15, -0.1) is 0 Å². The number of aromatic nitrogens is 2. The second kappa shape index (κ2) is 5.67. The van der Waals surface area contributed by atoms with E-state index in [2.05, 4.69) is 15.3 Å². The van der Waals surface area contributed by atoms with Gasteiger partial charge in [0.1, 0.15) is 10.3 Å². The number of thiazole rings is 1. The summed E-state index contributed by atoms with van der Waals surface area (Å²) in [5.74, 6) is 0.210. The number of pyridine rings is 1. The molecule has 3 aromatic rings. The molecule has 0 saturated carbocycles. The average Bonchev–Trinajstić information content (AvgIpc) is 2.88. The fraction of sp³-hybridized carbons (Fsp3) is 0.0714. The summed E-state index contributed by atoms with van der Waals surface area (Å²) < 4.78 is 5.06. The van der Waals surface area contributed by atoms with Gasteiger partial charge >= 0.3 is 0 Å². The smallest absolute Gasteiger partial charge is 0.258 e. The third kappa shape index (κ3) is 2.81. The Morgan fingerprint density at radius 3 is 2.81 bits per heavy atom. The molecule has 21 heavy (non-hydrogen) atoms. The van der Waals surface area contributed by atoms with E-state index >= 15 is 0 Å². The Morgan fingerprint density at radius 1 is 1.24 bits per heavy atom. The third-order valence-corrected chi connectivity index (χ3v) is 3.99. The predicted octanol–water partition coefficient (Wildman–Crippen LogP) is 3.61. The van der Waals surface area contributed by atoms with Crippen LogP contribution in [0, 0.1) is 0 Å². The molecule has 0 aliphatic carbocycles. The van der Waals surface area contributed by atoms with Crippen molar-refractivity contribution in [3.05, 3.63) is 47.0 Å². The molecule has 0 radical (unpaired) electrons. The Morgan fingerprint density at radius 2 is 2.05 bits per heavy atom. The lowest BCUT2D eigenvalue weighted by Gasteiger charge is -2.02. The molecule has 1 aromatic carbocycles. The molecular formula is C14H10ClN3O2S. The van der Waals surface area contributed by atoms with Gasteiger partial charge in [0.05, 0.1) is 17.7 Å². The van der Waals surface area contributed by atoms with Gasteiger partial charge < -0.3 is 4.74 Å². The summed E-state index contributed by atoms with van der Waals surface area (Å²) >= 11 is 7.28. The summed E-state index contributed by atoms with van der Waals surface area (Å²) in [6, 6.07) is 10.4. The first-order valence-corrected chi connectivity index (χ1v) is 7.24. The van der Waals surface area contributed by atoms with Crippen LogP contribution in [0.5, 0.6) is 5.88 Å². The van der Waals surface area contributed by atoms with Gasteiger partial charge in [-0.25, -0.2) is 9.97 Å². The van der Waals surface area contributed by atoms with Crippen LogP contribution >= 0.6 is 22.9 Å². The number of carbonyl (C=O) groups is 1. The molecule has 0 aliphatic rings. The molecule has 0 saturated heterocycles. The Hall–Kier alpha value is -2.18. The largest absolute Gasteiger partial charge is 0.481 e. The third-order valence-electron chi connectivity index (χ3n) is 2.78. The Balaban J connectivity index is 1.88. The highest BCUT2D eigenvalue weighted by molar-refractivity contribution is 7.22. The van der Waals surface area contributed by atoms with E-state index in [-0.39, 0.29) is 5.91 Å². The molecule has 0 atom stereocenters. The molecule has 0 bridgehead atoms. The number of fused-ring (bicyclic) bond motifs is 1. The fourth-order valence-electron chi connectivity index (χ4n) is 1.78. The van der Waals surface area contributed by atoms with Crippen LogP contribution in [0.1, 0.15) is 10.4 Å². The topological polar surface area (TPSA) is 64.1 Å². The van der Waals surface area contributed by atoms with Gasteiger partial charge in [0.2, 0.25) is 5.88 Å². The Kier molecular flexibility index (Phi) is 3.72.